The maximum absolute atomic E-state index is 13.1. The Bertz CT molecular complexity index is 848. The zero-order valence-electron chi connectivity index (χ0n) is 13.2. The van der Waals surface area contributed by atoms with Crippen molar-refractivity contribution >= 4 is 5.69 Å². The second-order valence-electron chi connectivity index (χ2n) is 5.83. The number of pyridine rings is 1. The molecule has 4 heteroatoms. The van der Waals surface area contributed by atoms with Crippen LogP contribution in [0.2, 0.25) is 0 Å². The number of hydrogen-bond donors (Lipinski definition) is 0. The highest BCUT2D eigenvalue weighted by Crippen LogP contribution is 2.32. The average molecular weight is 320 g/mol. The van der Waals surface area contributed by atoms with Gasteiger partial charge in [-0.3, -0.25) is 4.98 Å². The highest BCUT2D eigenvalue weighted by Gasteiger charge is 2.17. The number of anilines is 1. The van der Waals surface area contributed by atoms with Gasteiger partial charge in [0.1, 0.15) is 18.2 Å². The molecule has 1 aliphatic heterocycles. The van der Waals surface area contributed by atoms with Crippen LogP contribution in [0, 0.1) is 5.82 Å². The molecule has 0 bridgehead atoms. The van der Waals surface area contributed by atoms with E-state index in [1.165, 1.54) is 12.1 Å². The number of benzene rings is 2. The fourth-order valence-electron chi connectivity index (χ4n) is 2.99. The quantitative estimate of drug-likeness (QED) is 0.720. The lowest BCUT2D eigenvalue weighted by Gasteiger charge is -2.31. The molecule has 2 aromatic carbocycles. The zero-order chi connectivity index (χ0) is 16.4. The van der Waals surface area contributed by atoms with E-state index < -0.39 is 0 Å². The summed E-state index contributed by atoms with van der Waals surface area (Å²) in [4.78, 5) is 6.65. The van der Waals surface area contributed by atoms with E-state index in [0.29, 0.717) is 6.61 Å². The minimum absolute atomic E-state index is 0.229. The molecular weight excluding hydrogens is 303 g/mol. The highest BCUT2D eigenvalue weighted by atomic mass is 19.1. The molecule has 0 fully saturated rings. The molecule has 0 saturated heterocycles. The molecule has 0 aliphatic carbocycles. The van der Waals surface area contributed by atoms with Crippen molar-refractivity contribution in [3.63, 3.8) is 0 Å². The Morgan fingerprint density at radius 3 is 2.71 bits per heavy atom. The molecule has 0 N–H and O–H groups in total. The second kappa shape index (κ2) is 6.32. The molecule has 0 saturated carbocycles. The first kappa shape index (κ1) is 14.7. The van der Waals surface area contributed by atoms with Crippen LogP contribution in [-0.4, -0.2) is 18.1 Å². The Morgan fingerprint density at radius 2 is 1.83 bits per heavy atom. The molecule has 3 nitrogen and oxygen atoms in total. The molecule has 120 valence electrons. The lowest BCUT2D eigenvalue weighted by molar-refractivity contribution is 0.307. The molecular formula is C20H17FN2O. The summed E-state index contributed by atoms with van der Waals surface area (Å²) in [6, 6.07) is 16.7. The number of hydrogen-bond acceptors (Lipinski definition) is 3. The number of halogens is 1. The van der Waals surface area contributed by atoms with E-state index >= 15 is 0 Å². The van der Waals surface area contributed by atoms with E-state index in [2.05, 4.69) is 22.0 Å². The zero-order valence-corrected chi connectivity index (χ0v) is 13.2. The molecule has 0 radical (unpaired) electrons. The number of para-hydroxylation sites is 2. The van der Waals surface area contributed by atoms with Crippen LogP contribution in [0.15, 0.2) is 67.0 Å². The Balaban J connectivity index is 1.60. The van der Waals surface area contributed by atoms with Gasteiger partial charge in [-0.2, -0.15) is 0 Å². The van der Waals surface area contributed by atoms with Crippen LogP contribution in [0.4, 0.5) is 10.1 Å². The van der Waals surface area contributed by atoms with Crippen LogP contribution in [-0.2, 0) is 6.54 Å². The van der Waals surface area contributed by atoms with Gasteiger partial charge < -0.3 is 9.64 Å². The molecule has 1 aromatic heterocycles. The molecule has 0 unspecified atom stereocenters. The van der Waals surface area contributed by atoms with Crippen molar-refractivity contribution in [2.45, 2.75) is 6.54 Å². The van der Waals surface area contributed by atoms with Gasteiger partial charge in [0.05, 0.1) is 12.2 Å². The molecule has 3 aromatic rings. The van der Waals surface area contributed by atoms with E-state index in [4.69, 9.17) is 4.74 Å². The van der Waals surface area contributed by atoms with Crippen molar-refractivity contribution in [3.05, 3.63) is 78.4 Å². The molecule has 0 spiro atoms. The summed E-state index contributed by atoms with van der Waals surface area (Å²) in [5.74, 6) is 0.694. The van der Waals surface area contributed by atoms with Crippen LogP contribution in [0.5, 0.6) is 5.75 Å². The number of nitrogens with zero attached hydrogens (tertiary/aromatic N) is 2. The van der Waals surface area contributed by atoms with Crippen molar-refractivity contribution in [1.29, 1.82) is 0 Å². The molecule has 24 heavy (non-hydrogen) atoms. The predicted molar refractivity (Wildman–Crippen MR) is 92.6 cm³/mol. The maximum Gasteiger partial charge on any atom is 0.142 e. The first-order chi connectivity index (χ1) is 11.8. The largest absolute Gasteiger partial charge is 0.490 e. The fraction of sp³-hybridized carbons (Fsp3) is 0.150. The number of aromatic nitrogens is 1. The van der Waals surface area contributed by atoms with Gasteiger partial charge in [-0.25, -0.2) is 4.39 Å². The highest BCUT2D eigenvalue weighted by molar-refractivity contribution is 5.64. The van der Waals surface area contributed by atoms with E-state index in [1.54, 1.807) is 12.1 Å². The molecule has 0 amide bonds. The Morgan fingerprint density at radius 1 is 1.00 bits per heavy atom. The second-order valence-corrected chi connectivity index (χ2v) is 5.83. The van der Waals surface area contributed by atoms with Crippen LogP contribution >= 0.6 is 0 Å². The maximum atomic E-state index is 13.1. The third-order valence-corrected chi connectivity index (χ3v) is 4.17. The van der Waals surface area contributed by atoms with E-state index in [-0.39, 0.29) is 5.82 Å². The summed E-state index contributed by atoms with van der Waals surface area (Å²) in [6.07, 6.45) is 3.69. The van der Waals surface area contributed by atoms with Gasteiger partial charge in [0.25, 0.3) is 0 Å². The minimum Gasteiger partial charge on any atom is -0.490 e. The fourth-order valence-corrected chi connectivity index (χ4v) is 2.99. The standard InChI is InChI=1S/C20H17FN2O/c21-18-7-5-16(6-8-18)17-11-15(12-22-13-17)14-23-9-10-24-20-4-2-1-3-19(20)23/h1-8,11-13H,9-10,14H2. The summed E-state index contributed by atoms with van der Waals surface area (Å²) in [6.45, 7) is 2.29. The van der Waals surface area contributed by atoms with E-state index in [1.807, 2.05) is 30.6 Å². The van der Waals surface area contributed by atoms with Gasteiger partial charge in [0, 0.05) is 24.5 Å². The number of rotatable bonds is 3. The van der Waals surface area contributed by atoms with E-state index in [9.17, 15) is 4.39 Å². The first-order valence-corrected chi connectivity index (χ1v) is 7.96. The minimum atomic E-state index is -0.229. The SMILES string of the molecule is Fc1ccc(-c2cncc(CN3CCOc4ccccc43)c2)cc1. The van der Waals surface area contributed by atoms with Crippen molar-refractivity contribution in [3.8, 4) is 16.9 Å². The lowest BCUT2D eigenvalue weighted by atomic mass is 10.1. The van der Waals surface area contributed by atoms with Gasteiger partial charge in [-0.1, -0.05) is 24.3 Å². The number of ether oxygens (including phenoxy) is 1. The number of fused-ring (bicyclic) bond motifs is 1. The van der Waals surface area contributed by atoms with Gasteiger partial charge in [0.2, 0.25) is 0 Å². The van der Waals surface area contributed by atoms with Crippen molar-refractivity contribution in [2.75, 3.05) is 18.1 Å². The summed E-state index contributed by atoms with van der Waals surface area (Å²) < 4.78 is 18.8. The Kier molecular flexibility index (Phi) is 3.87. The van der Waals surface area contributed by atoms with Crippen molar-refractivity contribution in [2.24, 2.45) is 0 Å². The van der Waals surface area contributed by atoms with Crippen molar-refractivity contribution < 1.29 is 9.13 Å². The van der Waals surface area contributed by atoms with Gasteiger partial charge in [-0.05, 0) is 41.5 Å². The average Bonchev–Trinajstić information content (AvgIpc) is 2.63. The smallest absolute Gasteiger partial charge is 0.142 e. The van der Waals surface area contributed by atoms with Gasteiger partial charge >= 0.3 is 0 Å². The molecule has 2 heterocycles. The lowest BCUT2D eigenvalue weighted by Crippen LogP contribution is -2.32. The van der Waals surface area contributed by atoms with Gasteiger partial charge in [0.15, 0.2) is 0 Å². The first-order valence-electron chi connectivity index (χ1n) is 7.96. The Labute approximate surface area is 140 Å². The van der Waals surface area contributed by atoms with Crippen LogP contribution in [0.3, 0.4) is 0 Å². The van der Waals surface area contributed by atoms with Crippen LogP contribution in [0.1, 0.15) is 5.56 Å². The Hall–Kier alpha value is -2.88. The predicted octanol–water partition coefficient (Wildman–Crippen LogP) is 4.29. The monoisotopic (exact) mass is 320 g/mol. The summed E-state index contributed by atoms with van der Waals surface area (Å²) >= 11 is 0. The van der Waals surface area contributed by atoms with Crippen molar-refractivity contribution in [1.82, 2.24) is 4.98 Å². The normalized spacial score (nSPS) is 13.3. The topological polar surface area (TPSA) is 25.4 Å². The molecule has 0 atom stereocenters. The molecule has 4 rings (SSSR count). The third-order valence-electron chi connectivity index (χ3n) is 4.17. The van der Waals surface area contributed by atoms with Crippen LogP contribution < -0.4 is 9.64 Å². The third kappa shape index (κ3) is 2.95. The van der Waals surface area contributed by atoms with Crippen LogP contribution in [0.25, 0.3) is 11.1 Å². The van der Waals surface area contributed by atoms with Gasteiger partial charge in [-0.15, -0.1) is 0 Å². The summed E-state index contributed by atoms with van der Waals surface area (Å²) in [7, 11) is 0. The summed E-state index contributed by atoms with van der Waals surface area (Å²) in [5, 5.41) is 0. The summed E-state index contributed by atoms with van der Waals surface area (Å²) in [5.41, 5.74) is 4.19. The molecule has 1 aliphatic rings. The van der Waals surface area contributed by atoms with E-state index in [0.717, 1.165) is 41.2 Å².